The van der Waals surface area contributed by atoms with Gasteiger partial charge in [0.2, 0.25) is 5.78 Å². The highest BCUT2D eigenvalue weighted by Gasteiger charge is 2.12. The number of rotatable bonds is 1. The maximum absolute atomic E-state index is 11.8. The molecule has 0 aliphatic heterocycles. The molecule has 4 aromatic rings. The second-order valence-electron chi connectivity index (χ2n) is 4.63. The Morgan fingerprint density at radius 1 is 1.00 bits per heavy atom. The molecule has 0 spiro atoms. The van der Waals surface area contributed by atoms with Gasteiger partial charge in [-0.3, -0.25) is 9.38 Å². The molecule has 0 aliphatic carbocycles. The van der Waals surface area contributed by atoms with Gasteiger partial charge in [0.05, 0.1) is 11.0 Å². The summed E-state index contributed by atoms with van der Waals surface area (Å²) in [5.74, 6) is 1.01. The van der Waals surface area contributed by atoms with Crippen LogP contribution in [0.3, 0.4) is 0 Å². The number of para-hydroxylation sites is 2. The van der Waals surface area contributed by atoms with Crippen molar-refractivity contribution < 1.29 is 0 Å². The van der Waals surface area contributed by atoms with Crippen molar-refractivity contribution in [1.82, 2.24) is 19.4 Å². The Kier molecular flexibility index (Phi) is 2.55. The Bertz CT molecular complexity index is 1020. The van der Waals surface area contributed by atoms with E-state index in [4.69, 9.17) is 11.6 Å². The van der Waals surface area contributed by atoms with E-state index in [2.05, 4.69) is 15.0 Å². The molecule has 102 valence electrons. The van der Waals surface area contributed by atoms with Gasteiger partial charge >= 0.3 is 5.69 Å². The number of imidazole rings is 1. The topological polar surface area (TPSA) is 63.1 Å². The van der Waals surface area contributed by atoms with Crippen LogP contribution in [0, 0.1) is 0 Å². The second-order valence-corrected chi connectivity index (χ2v) is 5.07. The van der Waals surface area contributed by atoms with Crippen molar-refractivity contribution in [2.45, 2.75) is 0 Å². The molecular formula is C15H9ClN4O. The van der Waals surface area contributed by atoms with Crippen molar-refractivity contribution in [3.63, 3.8) is 0 Å². The van der Waals surface area contributed by atoms with E-state index >= 15 is 0 Å². The molecule has 0 saturated heterocycles. The van der Waals surface area contributed by atoms with Gasteiger partial charge in [-0.2, -0.15) is 4.98 Å². The fourth-order valence-electron chi connectivity index (χ4n) is 2.39. The summed E-state index contributed by atoms with van der Waals surface area (Å²) in [6.07, 6.45) is 0. The third kappa shape index (κ3) is 1.90. The van der Waals surface area contributed by atoms with Crippen LogP contribution in [0.15, 0.2) is 53.3 Å². The lowest BCUT2D eigenvalue weighted by Crippen LogP contribution is -2.15. The second kappa shape index (κ2) is 4.43. The van der Waals surface area contributed by atoms with E-state index in [0.29, 0.717) is 16.6 Å². The quantitative estimate of drug-likeness (QED) is 0.587. The first-order chi connectivity index (χ1) is 10.2. The van der Waals surface area contributed by atoms with Crippen LogP contribution in [-0.4, -0.2) is 19.4 Å². The zero-order chi connectivity index (χ0) is 14.4. The van der Waals surface area contributed by atoms with Crippen LogP contribution < -0.4 is 5.69 Å². The van der Waals surface area contributed by atoms with Crippen molar-refractivity contribution in [2.75, 3.05) is 0 Å². The lowest BCUT2D eigenvalue weighted by atomic mass is 10.2. The van der Waals surface area contributed by atoms with E-state index in [-0.39, 0.29) is 0 Å². The smallest absolute Gasteiger partial charge is 0.275 e. The molecular weight excluding hydrogens is 288 g/mol. The number of benzene rings is 2. The summed E-state index contributed by atoms with van der Waals surface area (Å²) in [5.41, 5.74) is 2.07. The standard InChI is InChI=1S/C15H9ClN4O/c16-10-7-5-9(6-8-10)13-18-15(21)19-14-17-11-3-1-2-4-12(11)20(13)14/h1-8H,(H,17,19,21). The molecule has 0 saturated carbocycles. The maximum atomic E-state index is 11.8. The first-order valence-electron chi connectivity index (χ1n) is 6.36. The number of halogens is 1. The SMILES string of the molecule is O=c1nc(-c2ccc(Cl)cc2)n2c(nc3ccccc32)[nH]1. The Hall–Kier alpha value is -2.66. The highest BCUT2D eigenvalue weighted by Crippen LogP contribution is 2.23. The predicted octanol–water partition coefficient (Wildman–Crippen LogP) is 2.89. The number of H-pyrrole nitrogens is 1. The average Bonchev–Trinajstić information content (AvgIpc) is 2.85. The van der Waals surface area contributed by atoms with Gasteiger partial charge in [0.25, 0.3) is 0 Å². The third-order valence-corrected chi connectivity index (χ3v) is 3.55. The molecule has 0 unspecified atom stereocenters. The molecule has 0 amide bonds. The lowest BCUT2D eigenvalue weighted by Gasteiger charge is -2.05. The minimum absolute atomic E-state index is 0.428. The summed E-state index contributed by atoms with van der Waals surface area (Å²) in [6.45, 7) is 0. The van der Waals surface area contributed by atoms with Gasteiger partial charge in [-0.25, -0.2) is 9.78 Å². The van der Waals surface area contributed by atoms with E-state index < -0.39 is 5.69 Å². The molecule has 5 nitrogen and oxygen atoms in total. The van der Waals surface area contributed by atoms with Crippen molar-refractivity contribution in [1.29, 1.82) is 0 Å². The van der Waals surface area contributed by atoms with Gasteiger partial charge in [0, 0.05) is 10.6 Å². The number of nitrogens with one attached hydrogen (secondary N) is 1. The van der Waals surface area contributed by atoms with Gasteiger partial charge in [-0.05, 0) is 36.4 Å². The summed E-state index contributed by atoms with van der Waals surface area (Å²) < 4.78 is 1.83. The van der Waals surface area contributed by atoms with E-state index in [1.54, 1.807) is 12.1 Å². The molecule has 0 radical (unpaired) electrons. The third-order valence-electron chi connectivity index (χ3n) is 3.30. The number of hydrogen-bond donors (Lipinski definition) is 1. The van der Waals surface area contributed by atoms with Crippen molar-refractivity contribution >= 4 is 28.4 Å². The summed E-state index contributed by atoms with van der Waals surface area (Å²) in [7, 11) is 0. The number of aromatic amines is 1. The molecule has 6 heteroatoms. The summed E-state index contributed by atoms with van der Waals surface area (Å²) in [4.78, 5) is 22.9. The van der Waals surface area contributed by atoms with Crippen molar-refractivity contribution in [3.8, 4) is 11.4 Å². The van der Waals surface area contributed by atoms with Crippen LogP contribution in [0.1, 0.15) is 0 Å². The Morgan fingerprint density at radius 2 is 1.76 bits per heavy atom. The molecule has 2 aromatic carbocycles. The van der Waals surface area contributed by atoms with Gasteiger partial charge in [0.15, 0.2) is 5.82 Å². The van der Waals surface area contributed by atoms with Crippen molar-refractivity contribution in [2.24, 2.45) is 0 Å². The highest BCUT2D eigenvalue weighted by molar-refractivity contribution is 6.30. The van der Waals surface area contributed by atoms with Gasteiger partial charge in [0.1, 0.15) is 0 Å². The molecule has 4 rings (SSSR count). The largest absolute Gasteiger partial charge is 0.349 e. The Labute approximate surface area is 123 Å². The number of aromatic nitrogens is 4. The monoisotopic (exact) mass is 296 g/mol. The highest BCUT2D eigenvalue weighted by atomic mass is 35.5. The molecule has 0 fully saturated rings. The zero-order valence-corrected chi connectivity index (χ0v) is 11.5. The van der Waals surface area contributed by atoms with Crippen LogP contribution in [0.4, 0.5) is 0 Å². The number of nitrogens with zero attached hydrogens (tertiary/aromatic N) is 3. The van der Waals surface area contributed by atoms with E-state index in [1.165, 1.54) is 0 Å². The molecule has 2 heterocycles. The minimum Gasteiger partial charge on any atom is -0.275 e. The normalized spacial score (nSPS) is 11.3. The summed E-state index contributed by atoms with van der Waals surface area (Å²) in [5, 5.41) is 0.635. The van der Waals surface area contributed by atoms with E-state index in [0.717, 1.165) is 16.6 Å². The van der Waals surface area contributed by atoms with Gasteiger partial charge in [-0.1, -0.05) is 23.7 Å². The van der Waals surface area contributed by atoms with Crippen molar-refractivity contribution in [3.05, 3.63) is 64.0 Å². The predicted molar refractivity (Wildman–Crippen MR) is 81.6 cm³/mol. The van der Waals surface area contributed by atoms with Crippen LogP contribution in [0.5, 0.6) is 0 Å². The number of fused-ring (bicyclic) bond motifs is 3. The van der Waals surface area contributed by atoms with Crippen LogP contribution in [0.25, 0.3) is 28.2 Å². The lowest BCUT2D eigenvalue weighted by molar-refractivity contribution is 0.988. The Balaban J connectivity index is 2.16. The molecule has 21 heavy (non-hydrogen) atoms. The zero-order valence-electron chi connectivity index (χ0n) is 10.7. The van der Waals surface area contributed by atoms with Crippen LogP contribution in [-0.2, 0) is 0 Å². The fraction of sp³-hybridized carbons (Fsp3) is 0. The van der Waals surface area contributed by atoms with Gasteiger partial charge < -0.3 is 0 Å². The molecule has 2 aromatic heterocycles. The molecule has 0 bridgehead atoms. The summed E-state index contributed by atoms with van der Waals surface area (Å²) >= 11 is 5.92. The molecule has 1 N–H and O–H groups in total. The maximum Gasteiger partial charge on any atom is 0.349 e. The number of hydrogen-bond acceptors (Lipinski definition) is 3. The fourth-order valence-corrected chi connectivity index (χ4v) is 2.51. The molecule has 0 atom stereocenters. The van der Waals surface area contributed by atoms with Crippen LogP contribution in [0.2, 0.25) is 5.02 Å². The average molecular weight is 297 g/mol. The van der Waals surface area contributed by atoms with E-state index in [9.17, 15) is 4.79 Å². The first-order valence-corrected chi connectivity index (χ1v) is 6.74. The minimum atomic E-state index is -0.428. The molecule has 0 aliphatic rings. The van der Waals surface area contributed by atoms with Crippen LogP contribution >= 0.6 is 11.6 Å². The van der Waals surface area contributed by atoms with Gasteiger partial charge in [-0.15, -0.1) is 0 Å². The first kappa shape index (κ1) is 12.1. The Morgan fingerprint density at radius 3 is 2.57 bits per heavy atom. The van der Waals surface area contributed by atoms with E-state index in [1.807, 2.05) is 40.8 Å². The summed E-state index contributed by atoms with van der Waals surface area (Å²) in [6, 6.07) is 14.9.